The van der Waals surface area contributed by atoms with Gasteiger partial charge in [0.25, 0.3) is 0 Å². The zero-order chi connectivity index (χ0) is 9.14. The number of hydrogen-bond acceptors (Lipinski definition) is 0. The molecule has 0 N–H and O–H groups in total. The van der Waals surface area contributed by atoms with Crippen LogP contribution in [0.4, 0.5) is 0 Å². The molecule has 1 aliphatic rings. The van der Waals surface area contributed by atoms with Gasteiger partial charge in [0.2, 0.25) is 0 Å². The van der Waals surface area contributed by atoms with Crippen LogP contribution in [0, 0.1) is 0 Å². The van der Waals surface area contributed by atoms with Crippen molar-refractivity contribution in [2.45, 2.75) is 42.6 Å². The zero-order valence-corrected chi connectivity index (χ0v) is 10.2. The molecule has 0 aromatic carbocycles. The van der Waals surface area contributed by atoms with Gasteiger partial charge in [-0.2, -0.15) is 0 Å². The first-order chi connectivity index (χ1) is 5.63. The van der Waals surface area contributed by atoms with Gasteiger partial charge in [-0.1, -0.05) is 0 Å². The van der Waals surface area contributed by atoms with Crippen LogP contribution in [0.3, 0.4) is 0 Å². The van der Waals surface area contributed by atoms with Crippen molar-refractivity contribution in [1.82, 2.24) is 0 Å². The monoisotopic (exact) mass is 199 g/mol. The second-order valence-electron chi connectivity index (χ2n) is 4.09. The van der Waals surface area contributed by atoms with Crippen molar-refractivity contribution in [3.63, 3.8) is 0 Å². The van der Waals surface area contributed by atoms with Gasteiger partial charge in [-0.15, -0.1) is 0 Å². The van der Waals surface area contributed by atoms with E-state index in [-0.39, 0.29) is 0 Å². The van der Waals surface area contributed by atoms with E-state index in [1.54, 1.807) is 3.88 Å². The summed E-state index contributed by atoms with van der Waals surface area (Å²) in [6.45, 7) is 9.59. The second kappa shape index (κ2) is 4.44. The van der Waals surface area contributed by atoms with E-state index in [9.17, 15) is 0 Å². The van der Waals surface area contributed by atoms with E-state index in [1.165, 1.54) is 6.42 Å². The molecule has 0 aliphatic heterocycles. The molecule has 0 saturated heterocycles. The molecule has 0 spiro atoms. The van der Waals surface area contributed by atoms with Crippen LogP contribution in [-0.2, 0) is 17.9 Å². The summed E-state index contributed by atoms with van der Waals surface area (Å²) in [6, 6.07) is 0. The second-order valence-corrected chi connectivity index (χ2v) is 10.1. The van der Waals surface area contributed by atoms with E-state index in [0.717, 1.165) is 8.45 Å². The fourth-order valence-electron chi connectivity index (χ4n) is 2.07. The van der Waals surface area contributed by atoms with E-state index in [4.69, 9.17) is 0 Å². The van der Waals surface area contributed by atoms with Gasteiger partial charge in [-0.05, 0) is 0 Å². The van der Waals surface area contributed by atoms with Crippen molar-refractivity contribution in [1.29, 1.82) is 0 Å². The summed E-state index contributed by atoms with van der Waals surface area (Å²) in [6.07, 6.45) is 8.15. The van der Waals surface area contributed by atoms with E-state index < -0.39 is 17.9 Å². The first kappa shape index (κ1) is 10.3. The first-order valence-electron chi connectivity index (χ1n) is 4.85. The molecule has 0 unspecified atom stereocenters. The third kappa shape index (κ3) is 2.34. The fourth-order valence-corrected chi connectivity index (χ4v) is 7.47. The molecule has 1 heteroatoms. The molecule has 1 rings (SSSR count). The summed E-state index contributed by atoms with van der Waals surface area (Å²) in [5.41, 5.74) is 0. The van der Waals surface area contributed by atoms with Crippen molar-refractivity contribution < 1.29 is 17.9 Å². The Morgan fingerprint density at radius 2 is 1.75 bits per heavy atom. The van der Waals surface area contributed by atoms with E-state index >= 15 is 0 Å². The quantitative estimate of drug-likeness (QED) is 0.600. The Bertz CT molecular complexity index is 191. The van der Waals surface area contributed by atoms with Crippen molar-refractivity contribution in [3.05, 3.63) is 22.1 Å². The molecule has 0 heterocycles. The molecule has 0 aromatic heterocycles. The van der Waals surface area contributed by atoms with Crippen LogP contribution >= 0.6 is 0 Å². The Labute approximate surface area is 82.6 Å². The van der Waals surface area contributed by atoms with E-state index in [0.29, 0.717) is 0 Å². The molecular formula is C11H19Ti. The SMILES string of the molecule is C[CH](C)[Ti]([C]1=CC=CC1)[CH](C)C. The van der Waals surface area contributed by atoms with Crippen LogP contribution in [0.25, 0.3) is 0 Å². The van der Waals surface area contributed by atoms with Gasteiger partial charge in [0, 0.05) is 0 Å². The third-order valence-corrected chi connectivity index (χ3v) is 8.01. The van der Waals surface area contributed by atoms with Crippen molar-refractivity contribution in [3.8, 4) is 0 Å². The molecule has 0 radical (unpaired) electrons. The third-order valence-electron chi connectivity index (χ3n) is 2.39. The van der Waals surface area contributed by atoms with Crippen LogP contribution in [0.1, 0.15) is 34.1 Å². The fraction of sp³-hybridized carbons (Fsp3) is 0.636. The minimum absolute atomic E-state index is 0.917. The van der Waals surface area contributed by atoms with Crippen molar-refractivity contribution in [2.24, 2.45) is 0 Å². The predicted molar refractivity (Wildman–Crippen MR) is 52.0 cm³/mol. The average molecular weight is 199 g/mol. The summed E-state index contributed by atoms with van der Waals surface area (Å²) in [4.78, 5) is 0. The summed E-state index contributed by atoms with van der Waals surface area (Å²) in [5.74, 6) is 0. The number of allylic oxidation sites excluding steroid dienone is 4. The zero-order valence-electron chi connectivity index (χ0n) is 8.59. The Kier molecular flexibility index (Phi) is 3.80. The minimum atomic E-state index is -0.917. The molecular weight excluding hydrogens is 180 g/mol. The molecule has 12 heavy (non-hydrogen) atoms. The van der Waals surface area contributed by atoms with Crippen LogP contribution in [0.5, 0.6) is 0 Å². The van der Waals surface area contributed by atoms with Gasteiger partial charge in [0.15, 0.2) is 0 Å². The molecule has 0 bridgehead atoms. The maximum atomic E-state index is 2.40. The Morgan fingerprint density at radius 1 is 1.17 bits per heavy atom. The number of rotatable bonds is 3. The molecule has 1 aliphatic carbocycles. The molecule has 0 atom stereocenters. The van der Waals surface area contributed by atoms with E-state index in [2.05, 4.69) is 45.9 Å². The maximum absolute atomic E-state index is 2.40. The van der Waals surface area contributed by atoms with Crippen LogP contribution in [0.15, 0.2) is 22.1 Å². The Hall–Kier alpha value is 0.194. The summed E-state index contributed by atoms with van der Waals surface area (Å²) in [7, 11) is 0. The molecule has 67 valence electrons. The topological polar surface area (TPSA) is 0 Å². The van der Waals surface area contributed by atoms with Crippen molar-refractivity contribution >= 4 is 0 Å². The van der Waals surface area contributed by atoms with Gasteiger partial charge in [-0.3, -0.25) is 0 Å². The molecule has 0 aromatic rings. The summed E-state index contributed by atoms with van der Waals surface area (Å²) >= 11 is -0.917. The number of hydrogen-bond donors (Lipinski definition) is 0. The first-order valence-corrected chi connectivity index (χ1v) is 7.44. The van der Waals surface area contributed by atoms with Gasteiger partial charge >= 0.3 is 82.5 Å². The van der Waals surface area contributed by atoms with Crippen LogP contribution in [0.2, 0.25) is 8.45 Å². The molecule has 0 fully saturated rings. The molecule has 0 saturated carbocycles. The summed E-state index contributed by atoms with van der Waals surface area (Å²) in [5, 5.41) is 0. The summed E-state index contributed by atoms with van der Waals surface area (Å²) < 4.78 is 3.67. The normalized spacial score (nSPS) is 16.0. The molecule has 0 nitrogen and oxygen atoms in total. The van der Waals surface area contributed by atoms with Gasteiger partial charge in [-0.25, -0.2) is 0 Å². The van der Waals surface area contributed by atoms with E-state index in [1.807, 2.05) is 0 Å². The van der Waals surface area contributed by atoms with Gasteiger partial charge < -0.3 is 0 Å². The Balaban J connectivity index is 2.66. The Morgan fingerprint density at radius 3 is 2.08 bits per heavy atom. The standard InChI is InChI=1S/C5H5.2C3H7.Ti/c1-2-4-5-3-1;2*1-3-2;/h1-3H,4H2;2*3H,1-2H3;. The van der Waals surface area contributed by atoms with Gasteiger partial charge in [0.1, 0.15) is 0 Å². The van der Waals surface area contributed by atoms with Crippen molar-refractivity contribution in [2.75, 3.05) is 0 Å². The average Bonchev–Trinajstić information content (AvgIpc) is 2.37. The molecule has 0 amide bonds. The van der Waals surface area contributed by atoms with Crippen LogP contribution in [-0.4, -0.2) is 0 Å². The van der Waals surface area contributed by atoms with Gasteiger partial charge in [0.05, 0.1) is 0 Å². The van der Waals surface area contributed by atoms with Crippen LogP contribution < -0.4 is 0 Å². The predicted octanol–water partition coefficient (Wildman–Crippen LogP) is 4.11.